The highest BCUT2D eigenvalue weighted by Gasteiger charge is 2.28. The summed E-state index contributed by atoms with van der Waals surface area (Å²) in [5.74, 6) is -0.367. The Labute approximate surface area is 193 Å². The molecule has 0 bridgehead atoms. The summed E-state index contributed by atoms with van der Waals surface area (Å²) in [4.78, 5) is 16.4. The number of hydrogen-bond donors (Lipinski definition) is 3. The summed E-state index contributed by atoms with van der Waals surface area (Å²) in [7, 11) is -3.62. The van der Waals surface area contributed by atoms with Crippen LogP contribution in [0.15, 0.2) is 90.0 Å². The zero-order chi connectivity index (χ0) is 22.8. The molecule has 3 N–H and O–H groups in total. The first-order valence-corrected chi connectivity index (χ1v) is 12.5. The SMILES string of the molecule is O=C(NCC(c1ccccc1)c1c[nH]c2ccccc12)c1cccc(S(=O)(=O)NC2CC2)c1. The topological polar surface area (TPSA) is 91.1 Å². The normalized spacial score (nSPS) is 14.8. The van der Waals surface area contributed by atoms with Crippen molar-refractivity contribution >= 4 is 26.8 Å². The van der Waals surface area contributed by atoms with Crippen molar-refractivity contribution in [2.24, 2.45) is 0 Å². The average molecular weight is 460 g/mol. The fraction of sp³-hybridized carbons (Fsp3) is 0.192. The Morgan fingerprint density at radius 3 is 2.52 bits per heavy atom. The van der Waals surface area contributed by atoms with Crippen molar-refractivity contribution in [3.05, 3.63) is 102 Å². The molecule has 1 unspecified atom stereocenters. The molecular formula is C26H25N3O3S. The smallest absolute Gasteiger partial charge is 0.251 e. The number of para-hydroxylation sites is 1. The van der Waals surface area contributed by atoms with Gasteiger partial charge in [0.15, 0.2) is 0 Å². The van der Waals surface area contributed by atoms with E-state index in [1.165, 1.54) is 12.1 Å². The van der Waals surface area contributed by atoms with E-state index in [-0.39, 0.29) is 22.8 Å². The molecule has 1 atom stereocenters. The molecule has 1 amide bonds. The predicted octanol–water partition coefficient (Wildman–Crippen LogP) is 4.17. The second-order valence-corrected chi connectivity index (χ2v) is 10.1. The zero-order valence-corrected chi connectivity index (χ0v) is 18.8. The molecule has 5 rings (SSSR count). The maximum Gasteiger partial charge on any atom is 0.251 e. The van der Waals surface area contributed by atoms with Gasteiger partial charge >= 0.3 is 0 Å². The van der Waals surface area contributed by atoms with E-state index in [4.69, 9.17) is 0 Å². The minimum atomic E-state index is -3.62. The Bertz CT molecular complexity index is 1390. The van der Waals surface area contributed by atoms with E-state index in [9.17, 15) is 13.2 Å². The van der Waals surface area contributed by atoms with Crippen LogP contribution in [0.25, 0.3) is 10.9 Å². The second-order valence-electron chi connectivity index (χ2n) is 8.39. The van der Waals surface area contributed by atoms with Crippen LogP contribution >= 0.6 is 0 Å². The minimum absolute atomic E-state index is 0.00952. The molecule has 1 aromatic heterocycles. The molecule has 4 aromatic rings. The fourth-order valence-corrected chi connectivity index (χ4v) is 5.42. The molecule has 1 aliphatic carbocycles. The lowest BCUT2D eigenvalue weighted by atomic mass is 9.91. The van der Waals surface area contributed by atoms with Crippen LogP contribution in [0.5, 0.6) is 0 Å². The lowest BCUT2D eigenvalue weighted by Gasteiger charge is -2.18. The molecule has 33 heavy (non-hydrogen) atoms. The molecule has 0 spiro atoms. The van der Waals surface area contributed by atoms with E-state index >= 15 is 0 Å². The standard InChI is InChI=1S/C26H25N3O3S/c30-26(19-9-6-10-21(15-19)33(31,32)29-20-13-14-20)28-16-23(18-7-2-1-3-8-18)24-17-27-25-12-5-4-11-22(24)25/h1-12,15,17,20,23,27,29H,13-14,16H2,(H,28,30). The van der Waals surface area contributed by atoms with Crippen LogP contribution in [0.1, 0.15) is 40.2 Å². The number of hydrogen-bond acceptors (Lipinski definition) is 3. The van der Waals surface area contributed by atoms with E-state index in [0.717, 1.165) is 34.9 Å². The highest BCUT2D eigenvalue weighted by molar-refractivity contribution is 7.89. The number of carbonyl (C=O) groups excluding carboxylic acids is 1. The zero-order valence-electron chi connectivity index (χ0n) is 18.0. The Balaban J connectivity index is 1.39. The molecule has 168 valence electrons. The van der Waals surface area contributed by atoms with Crippen molar-refractivity contribution in [1.82, 2.24) is 15.0 Å². The van der Waals surface area contributed by atoms with Crippen LogP contribution < -0.4 is 10.0 Å². The predicted molar refractivity (Wildman–Crippen MR) is 129 cm³/mol. The van der Waals surface area contributed by atoms with Gasteiger partial charge in [-0.25, -0.2) is 13.1 Å². The van der Waals surface area contributed by atoms with Gasteiger partial charge in [0, 0.05) is 41.2 Å². The van der Waals surface area contributed by atoms with Crippen LogP contribution in [0.2, 0.25) is 0 Å². The van der Waals surface area contributed by atoms with Gasteiger partial charge in [-0.15, -0.1) is 0 Å². The summed E-state index contributed by atoms with van der Waals surface area (Å²) < 4.78 is 27.7. The molecule has 6 nitrogen and oxygen atoms in total. The summed E-state index contributed by atoms with van der Waals surface area (Å²) in [6.45, 7) is 0.377. The van der Waals surface area contributed by atoms with Crippen LogP contribution in [0, 0.1) is 0 Å². The van der Waals surface area contributed by atoms with Crippen molar-refractivity contribution in [3.8, 4) is 0 Å². The highest BCUT2D eigenvalue weighted by atomic mass is 32.2. The molecule has 7 heteroatoms. The number of carbonyl (C=O) groups is 1. The summed E-state index contributed by atoms with van der Waals surface area (Å²) >= 11 is 0. The second kappa shape index (κ2) is 8.84. The third-order valence-electron chi connectivity index (χ3n) is 5.97. The number of sulfonamides is 1. The largest absolute Gasteiger partial charge is 0.361 e. The van der Waals surface area contributed by atoms with Crippen LogP contribution in [0.4, 0.5) is 0 Å². The van der Waals surface area contributed by atoms with Crippen molar-refractivity contribution < 1.29 is 13.2 Å². The number of aromatic amines is 1. The summed E-state index contributed by atoms with van der Waals surface area (Å²) in [5.41, 5.74) is 3.55. The van der Waals surface area contributed by atoms with Crippen LogP contribution in [-0.2, 0) is 10.0 Å². The van der Waals surface area contributed by atoms with Gasteiger partial charge in [0.2, 0.25) is 10.0 Å². The van der Waals surface area contributed by atoms with E-state index in [1.54, 1.807) is 12.1 Å². The average Bonchev–Trinajstić information content (AvgIpc) is 3.55. The van der Waals surface area contributed by atoms with E-state index in [2.05, 4.69) is 33.2 Å². The van der Waals surface area contributed by atoms with E-state index < -0.39 is 10.0 Å². The molecule has 1 fully saturated rings. The van der Waals surface area contributed by atoms with Crippen LogP contribution in [-0.4, -0.2) is 31.9 Å². The van der Waals surface area contributed by atoms with Gasteiger partial charge in [-0.1, -0.05) is 54.6 Å². The number of H-pyrrole nitrogens is 1. The maximum atomic E-state index is 13.0. The Hall–Kier alpha value is -3.42. The Morgan fingerprint density at radius 1 is 0.970 bits per heavy atom. The lowest BCUT2D eigenvalue weighted by molar-refractivity contribution is 0.0952. The van der Waals surface area contributed by atoms with Gasteiger partial charge in [0.05, 0.1) is 4.90 Å². The minimum Gasteiger partial charge on any atom is -0.361 e. The molecule has 0 aliphatic heterocycles. The molecule has 0 radical (unpaired) electrons. The number of aromatic nitrogens is 1. The third kappa shape index (κ3) is 4.69. The van der Waals surface area contributed by atoms with Gasteiger partial charge in [-0.3, -0.25) is 4.79 Å². The van der Waals surface area contributed by atoms with Gasteiger partial charge < -0.3 is 10.3 Å². The Kier molecular flexibility index (Phi) is 5.74. The number of amides is 1. The quantitative estimate of drug-likeness (QED) is 0.369. The first kappa shape index (κ1) is 21.4. The number of rotatable bonds is 8. The van der Waals surface area contributed by atoms with Gasteiger partial charge in [0.25, 0.3) is 5.91 Å². The third-order valence-corrected chi connectivity index (χ3v) is 7.49. The number of benzene rings is 3. The molecule has 3 aromatic carbocycles. The molecule has 1 heterocycles. The first-order valence-electron chi connectivity index (χ1n) is 11.0. The van der Waals surface area contributed by atoms with E-state index in [0.29, 0.717) is 12.1 Å². The fourth-order valence-electron chi connectivity index (χ4n) is 4.06. The van der Waals surface area contributed by atoms with Crippen molar-refractivity contribution in [1.29, 1.82) is 0 Å². The molecule has 0 saturated heterocycles. The molecule has 1 aliphatic rings. The molecule has 1 saturated carbocycles. The van der Waals surface area contributed by atoms with Crippen molar-refractivity contribution in [2.45, 2.75) is 29.7 Å². The number of nitrogens with one attached hydrogen (secondary N) is 3. The van der Waals surface area contributed by atoms with Crippen molar-refractivity contribution in [3.63, 3.8) is 0 Å². The summed E-state index contributed by atoms with van der Waals surface area (Å²) in [6, 6.07) is 24.3. The Morgan fingerprint density at radius 2 is 1.73 bits per heavy atom. The first-order chi connectivity index (χ1) is 16.0. The number of fused-ring (bicyclic) bond motifs is 1. The monoisotopic (exact) mass is 459 g/mol. The van der Waals surface area contributed by atoms with E-state index in [1.807, 2.05) is 42.6 Å². The van der Waals surface area contributed by atoms with Gasteiger partial charge in [0.1, 0.15) is 0 Å². The van der Waals surface area contributed by atoms with Gasteiger partial charge in [-0.05, 0) is 48.2 Å². The van der Waals surface area contributed by atoms with Crippen LogP contribution in [0.3, 0.4) is 0 Å². The summed E-state index contributed by atoms with van der Waals surface area (Å²) in [6.07, 6.45) is 3.70. The lowest BCUT2D eigenvalue weighted by Crippen LogP contribution is -2.29. The molecular weight excluding hydrogens is 434 g/mol. The highest BCUT2D eigenvalue weighted by Crippen LogP contribution is 2.30. The maximum absolute atomic E-state index is 13.0. The van der Waals surface area contributed by atoms with Crippen molar-refractivity contribution in [2.75, 3.05) is 6.54 Å². The van der Waals surface area contributed by atoms with Gasteiger partial charge in [-0.2, -0.15) is 0 Å². The summed E-state index contributed by atoms with van der Waals surface area (Å²) in [5, 5.41) is 4.13.